The van der Waals surface area contributed by atoms with Crippen LogP contribution < -0.4 is 5.32 Å². The van der Waals surface area contributed by atoms with E-state index in [1.54, 1.807) is 0 Å². The number of nitrogens with zero attached hydrogens (tertiary/aromatic N) is 2. The van der Waals surface area contributed by atoms with Crippen LogP contribution in [0, 0.1) is 12.8 Å². The number of halogens is 1. The van der Waals surface area contributed by atoms with E-state index in [1.807, 2.05) is 37.5 Å². The summed E-state index contributed by atoms with van der Waals surface area (Å²) in [6, 6.07) is 0.608. The maximum absolute atomic E-state index is 6.27. The lowest BCUT2D eigenvalue weighted by Gasteiger charge is -2.18. The Morgan fingerprint density at radius 3 is 2.88 bits per heavy atom. The summed E-state index contributed by atoms with van der Waals surface area (Å²) in [6.45, 7) is 1.96. The molecule has 0 spiro atoms. The smallest absolute Gasteiger partial charge is 0.0847 e. The number of aryl methyl sites for hydroxylation is 2. The second kappa shape index (κ2) is 4.98. The number of aromatic nitrogens is 2. The van der Waals surface area contributed by atoms with Crippen molar-refractivity contribution in [3.05, 3.63) is 16.4 Å². The molecule has 5 heteroatoms. The first-order valence-electron chi connectivity index (χ1n) is 5.56. The van der Waals surface area contributed by atoms with Gasteiger partial charge in [-0.15, -0.1) is 0 Å². The summed E-state index contributed by atoms with van der Waals surface area (Å²) in [5.41, 5.74) is 2.11. The fourth-order valence-corrected chi connectivity index (χ4v) is 3.99. The Hall–Kier alpha value is -0.190. The molecule has 2 atom stereocenters. The molecule has 90 valence electrons. The maximum atomic E-state index is 6.27. The number of nitrogens with one attached hydrogen (secondary N) is 1. The fourth-order valence-electron chi connectivity index (χ4n) is 2.27. The Kier molecular flexibility index (Phi) is 3.82. The minimum atomic E-state index is 0.608. The molecule has 16 heavy (non-hydrogen) atoms. The third-order valence-electron chi connectivity index (χ3n) is 3.29. The molecule has 0 amide bonds. The highest BCUT2D eigenvalue weighted by atomic mass is 35.5. The van der Waals surface area contributed by atoms with Crippen molar-refractivity contribution < 1.29 is 0 Å². The van der Waals surface area contributed by atoms with Crippen LogP contribution in [0.4, 0.5) is 0 Å². The van der Waals surface area contributed by atoms with E-state index in [0.29, 0.717) is 12.0 Å². The molecule has 2 heterocycles. The second-order valence-electron chi connectivity index (χ2n) is 4.37. The van der Waals surface area contributed by atoms with Gasteiger partial charge in [0, 0.05) is 18.8 Å². The van der Waals surface area contributed by atoms with Crippen molar-refractivity contribution in [3.8, 4) is 0 Å². The average molecular weight is 260 g/mol. The van der Waals surface area contributed by atoms with Gasteiger partial charge in [-0.2, -0.15) is 16.9 Å². The highest BCUT2D eigenvalue weighted by Gasteiger charge is 2.28. The molecular formula is C11H18ClN3S. The van der Waals surface area contributed by atoms with Gasteiger partial charge in [-0.05, 0) is 32.1 Å². The molecule has 0 aliphatic carbocycles. The molecule has 0 bridgehead atoms. The second-order valence-corrected chi connectivity index (χ2v) is 5.82. The third kappa shape index (κ3) is 2.24. The van der Waals surface area contributed by atoms with Crippen molar-refractivity contribution in [2.24, 2.45) is 13.0 Å². The zero-order valence-corrected chi connectivity index (χ0v) is 11.5. The molecule has 0 radical (unpaired) electrons. The minimum absolute atomic E-state index is 0.608. The van der Waals surface area contributed by atoms with Crippen LogP contribution in [-0.4, -0.2) is 34.4 Å². The molecule has 1 saturated heterocycles. The Balaban J connectivity index is 2.14. The monoisotopic (exact) mass is 259 g/mol. The zero-order valence-electron chi connectivity index (χ0n) is 9.96. The van der Waals surface area contributed by atoms with Crippen molar-refractivity contribution in [2.45, 2.75) is 19.4 Å². The zero-order chi connectivity index (χ0) is 11.7. The van der Waals surface area contributed by atoms with Gasteiger partial charge in [-0.3, -0.25) is 4.68 Å². The van der Waals surface area contributed by atoms with E-state index in [0.717, 1.165) is 17.1 Å². The highest BCUT2D eigenvalue weighted by Crippen LogP contribution is 2.30. The lowest BCUT2D eigenvalue weighted by atomic mass is 9.98. The van der Waals surface area contributed by atoms with E-state index >= 15 is 0 Å². The molecule has 1 aliphatic rings. The molecule has 1 N–H and O–H groups in total. The van der Waals surface area contributed by atoms with Crippen molar-refractivity contribution in [1.82, 2.24) is 15.1 Å². The molecule has 1 fully saturated rings. The molecule has 2 rings (SSSR count). The molecule has 1 aliphatic heterocycles. The molecule has 2 unspecified atom stereocenters. The summed E-state index contributed by atoms with van der Waals surface area (Å²) >= 11 is 8.29. The number of thioether (sulfide) groups is 1. The summed E-state index contributed by atoms with van der Waals surface area (Å²) < 4.78 is 1.92. The van der Waals surface area contributed by atoms with Crippen molar-refractivity contribution >= 4 is 23.4 Å². The van der Waals surface area contributed by atoms with Crippen LogP contribution in [0.15, 0.2) is 0 Å². The van der Waals surface area contributed by atoms with Crippen LogP contribution >= 0.6 is 23.4 Å². The van der Waals surface area contributed by atoms with Gasteiger partial charge in [0.2, 0.25) is 0 Å². The van der Waals surface area contributed by atoms with Crippen LogP contribution in [0.25, 0.3) is 0 Å². The Morgan fingerprint density at radius 2 is 2.31 bits per heavy atom. The summed E-state index contributed by atoms with van der Waals surface area (Å²) in [7, 11) is 4.02. The first-order valence-corrected chi connectivity index (χ1v) is 7.09. The van der Waals surface area contributed by atoms with Gasteiger partial charge < -0.3 is 5.32 Å². The van der Waals surface area contributed by atoms with E-state index < -0.39 is 0 Å². The van der Waals surface area contributed by atoms with E-state index in [2.05, 4.69) is 10.4 Å². The minimum Gasteiger partial charge on any atom is -0.316 e. The van der Waals surface area contributed by atoms with E-state index in [9.17, 15) is 0 Å². The Morgan fingerprint density at radius 1 is 1.56 bits per heavy atom. The van der Waals surface area contributed by atoms with Crippen molar-refractivity contribution in [1.29, 1.82) is 0 Å². The van der Waals surface area contributed by atoms with Crippen molar-refractivity contribution in [3.63, 3.8) is 0 Å². The van der Waals surface area contributed by atoms with Gasteiger partial charge in [0.1, 0.15) is 0 Å². The van der Waals surface area contributed by atoms with Crippen LogP contribution in [0.3, 0.4) is 0 Å². The fraction of sp³-hybridized carbons (Fsp3) is 0.727. The SMILES string of the molecule is CNC1CSCC1Cc1c(Cl)c(C)nn1C. The quantitative estimate of drug-likeness (QED) is 0.899. The number of rotatable bonds is 3. The lowest BCUT2D eigenvalue weighted by Crippen LogP contribution is -2.33. The van der Waals surface area contributed by atoms with Gasteiger partial charge in [-0.25, -0.2) is 0 Å². The summed E-state index contributed by atoms with van der Waals surface area (Å²) in [5.74, 6) is 3.09. The van der Waals surface area contributed by atoms with Crippen molar-refractivity contribution in [2.75, 3.05) is 18.6 Å². The van der Waals surface area contributed by atoms with Gasteiger partial charge in [0.15, 0.2) is 0 Å². The van der Waals surface area contributed by atoms with Gasteiger partial charge in [-0.1, -0.05) is 11.6 Å². The Bertz CT molecular complexity index is 378. The van der Waals surface area contributed by atoms with Gasteiger partial charge >= 0.3 is 0 Å². The van der Waals surface area contributed by atoms with E-state index in [1.165, 1.54) is 17.2 Å². The number of hydrogen-bond acceptors (Lipinski definition) is 3. The molecule has 0 aromatic carbocycles. The standard InChI is InChI=1S/C11H18ClN3S/c1-7-11(12)10(15(3)14-7)4-8-5-16-6-9(8)13-2/h8-9,13H,4-6H2,1-3H3. The first-order chi connectivity index (χ1) is 7.63. The maximum Gasteiger partial charge on any atom is 0.0847 e. The van der Waals surface area contributed by atoms with Crippen LogP contribution in [0.1, 0.15) is 11.4 Å². The summed E-state index contributed by atoms with van der Waals surface area (Å²) in [5, 5.41) is 8.59. The summed E-state index contributed by atoms with van der Waals surface area (Å²) in [6.07, 6.45) is 1.02. The third-order valence-corrected chi connectivity index (χ3v) is 5.04. The molecule has 1 aromatic rings. The normalized spacial score (nSPS) is 25.2. The number of hydrogen-bond donors (Lipinski definition) is 1. The molecule has 0 saturated carbocycles. The van der Waals surface area contributed by atoms with Gasteiger partial charge in [0.25, 0.3) is 0 Å². The highest BCUT2D eigenvalue weighted by molar-refractivity contribution is 7.99. The van der Waals surface area contributed by atoms with Gasteiger partial charge in [0.05, 0.1) is 16.4 Å². The van der Waals surface area contributed by atoms with E-state index in [-0.39, 0.29) is 0 Å². The predicted octanol–water partition coefficient (Wildman–Crippen LogP) is 1.88. The average Bonchev–Trinajstić information content (AvgIpc) is 2.79. The topological polar surface area (TPSA) is 29.9 Å². The predicted molar refractivity (Wildman–Crippen MR) is 70.3 cm³/mol. The molecule has 1 aromatic heterocycles. The molecule has 3 nitrogen and oxygen atoms in total. The summed E-state index contributed by atoms with van der Waals surface area (Å²) in [4.78, 5) is 0. The largest absolute Gasteiger partial charge is 0.316 e. The van der Waals surface area contributed by atoms with Crippen LogP contribution in [0.2, 0.25) is 5.02 Å². The molecular weight excluding hydrogens is 242 g/mol. The van der Waals surface area contributed by atoms with Crippen LogP contribution in [0.5, 0.6) is 0 Å². The van der Waals surface area contributed by atoms with Crippen LogP contribution in [-0.2, 0) is 13.5 Å². The Labute approximate surface area is 106 Å². The lowest BCUT2D eigenvalue weighted by molar-refractivity contribution is 0.442. The first kappa shape index (κ1) is 12.3. The van der Waals surface area contributed by atoms with E-state index in [4.69, 9.17) is 11.6 Å².